The van der Waals surface area contributed by atoms with Crippen LogP contribution >= 0.6 is 31.9 Å². The van der Waals surface area contributed by atoms with Gasteiger partial charge in [-0.2, -0.15) is 9.78 Å². The van der Waals surface area contributed by atoms with Gasteiger partial charge < -0.3 is 14.6 Å². The normalized spacial score (nSPS) is 12.3. The Morgan fingerprint density at radius 3 is 2.38 bits per heavy atom. The van der Waals surface area contributed by atoms with Gasteiger partial charge in [-0.05, 0) is 105 Å². The molecule has 0 unspecified atom stereocenters. The van der Waals surface area contributed by atoms with Crippen LogP contribution in [0.3, 0.4) is 0 Å². The van der Waals surface area contributed by atoms with Crippen molar-refractivity contribution in [2.75, 3.05) is 7.11 Å². The first kappa shape index (κ1) is 28.5. The Morgan fingerprint density at radius 2 is 1.77 bits per heavy atom. The number of carboxylic acid groups (broad SMARTS) is 1. The van der Waals surface area contributed by atoms with E-state index in [1.54, 1.807) is 37.6 Å². The summed E-state index contributed by atoms with van der Waals surface area (Å²) in [7, 11) is 1.64. The van der Waals surface area contributed by atoms with Gasteiger partial charge in [0.05, 0.1) is 33.2 Å². The average molecular weight is 657 g/mol. The molecule has 4 aromatic rings. The van der Waals surface area contributed by atoms with E-state index in [9.17, 15) is 14.7 Å². The van der Waals surface area contributed by atoms with Gasteiger partial charge >= 0.3 is 5.97 Å². The van der Waals surface area contributed by atoms with Crippen LogP contribution in [0.2, 0.25) is 0 Å². The molecule has 1 atom stereocenters. The highest BCUT2D eigenvalue weighted by Crippen LogP contribution is 2.36. The number of benzene rings is 3. The second kappa shape index (κ2) is 11.7. The number of rotatable bonds is 8. The molecule has 0 fully saturated rings. The minimum atomic E-state index is -1.08. The third kappa shape index (κ3) is 5.91. The molecule has 10 heteroatoms. The summed E-state index contributed by atoms with van der Waals surface area (Å²) in [5.41, 5.74) is 3.57. The monoisotopic (exact) mass is 655 g/mol. The number of ether oxygens (including phenoxy) is 2. The molecule has 0 aliphatic heterocycles. The molecule has 1 heterocycles. The van der Waals surface area contributed by atoms with Gasteiger partial charge in [0, 0.05) is 5.56 Å². The molecule has 0 spiro atoms. The van der Waals surface area contributed by atoms with Crippen LogP contribution in [0.4, 0.5) is 0 Å². The summed E-state index contributed by atoms with van der Waals surface area (Å²) in [5, 5.41) is 14.2. The summed E-state index contributed by atoms with van der Waals surface area (Å²) >= 11 is 6.88. The van der Waals surface area contributed by atoms with Crippen molar-refractivity contribution < 1.29 is 19.4 Å². The SMILES string of the molecule is COc1cc(C)c(-c2nc3ccccc3c(=O)n2N=Cc2cc(Br)c(O[C@H](C)C(=O)O)c(Br)c2)cc1C(C)C. The highest BCUT2D eigenvalue weighted by molar-refractivity contribution is 9.11. The van der Waals surface area contributed by atoms with E-state index in [1.807, 2.05) is 31.2 Å². The minimum Gasteiger partial charge on any atom is -0.496 e. The van der Waals surface area contributed by atoms with Gasteiger partial charge in [-0.1, -0.05) is 26.0 Å². The molecule has 0 saturated heterocycles. The Balaban J connectivity index is 1.88. The van der Waals surface area contributed by atoms with Gasteiger partial charge in [-0.15, -0.1) is 0 Å². The Hall–Kier alpha value is -3.50. The van der Waals surface area contributed by atoms with Crippen LogP contribution in [0.15, 0.2) is 67.4 Å². The van der Waals surface area contributed by atoms with Crippen molar-refractivity contribution in [2.24, 2.45) is 5.10 Å². The van der Waals surface area contributed by atoms with Gasteiger partial charge in [0.2, 0.25) is 0 Å². The van der Waals surface area contributed by atoms with Gasteiger partial charge in [0.1, 0.15) is 11.5 Å². The van der Waals surface area contributed by atoms with Crippen LogP contribution in [0.1, 0.15) is 43.4 Å². The maximum atomic E-state index is 13.7. The standard InChI is InChI=1S/C29H27Br2N3O5/c1-15(2)20-13-21(16(3)10-25(20)38-5)27-33-24-9-7-6-8-19(24)28(35)34(27)32-14-18-11-22(30)26(23(31)12-18)39-17(4)29(36)37/h6-15,17H,1-5H3,(H,36,37)/t17-/m1/s1. The fraction of sp³-hybridized carbons (Fsp3) is 0.241. The van der Waals surface area contributed by atoms with E-state index in [1.165, 1.54) is 11.6 Å². The average Bonchev–Trinajstić information content (AvgIpc) is 2.89. The lowest BCUT2D eigenvalue weighted by Crippen LogP contribution is -2.23. The van der Waals surface area contributed by atoms with Crippen LogP contribution < -0.4 is 15.0 Å². The maximum absolute atomic E-state index is 13.7. The molecule has 0 aliphatic carbocycles. The van der Waals surface area contributed by atoms with E-state index >= 15 is 0 Å². The topological polar surface area (TPSA) is 103 Å². The predicted molar refractivity (Wildman–Crippen MR) is 159 cm³/mol. The Labute approximate surface area is 242 Å². The number of halogens is 2. The second-order valence-corrected chi connectivity index (χ2v) is 11.0. The lowest BCUT2D eigenvalue weighted by Gasteiger charge is -2.17. The molecule has 1 N–H and O–H groups in total. The molecule has 4 rings (SSSR count). The summed E-state index contributed by atoms with van der Waals surface area (Å²) < 4.78 is 13.5. The summed E-state index contributed by atoms with van der Waals surface area (Å²) in [6.45, 7) is 7.55. The van der Waals surface area contributed by atoms with E-state index in [-0.39, 0.29) is 11.5 Å². The summed E-state index contributed by atoms with van der Waals surface area (Å²) in [6.07, 6.45) is 0.508. The molecule has 0 aliphatic rings. The second-order valence-electron chi connectivity index (χ2n) is 9.29. The Morgan fingerprint density at radius 1 is 1.10 bits per heavy atom. The number of fused-ring (bicyclic) bond motifs is 1. The zero-order chi connectivity index (χ0) is 28.4. The lowest BCUT2D eigenvalue weighted by molar-refractivity contribution is -0.144. The fourth-order valence-corrected chi connectivity index (χ4v) is 5.50. The van der Waals surface area contributed by atoms with Crippen LogP contribution in [-0.2, 0) is 4.79 Å². The molecule has 3 aromatic carbocycles. The summed E-state index contributed by atoms with van der Waals surface area (Å²) in [4.78, 5) is 29.7. The predicted octanol–water partition coefficient (Wildman–Crippen LogP) is 6.76. The van der Waals surface area contributed by atoms with Crippen molar-refractivity contribution in [3.05, 3.63) is 84.5 Å². The van der Waals surface area contributed by atoms with Crippen LogP contribution in [0, 0.1) is 6.92 Å². The van der Waals surface area contributed by atoms with E-state index in [0.717, 1.165) is 22.4 Å². The van der Waals surface area contributed by atoms with Crippen molar-refractivity contribution in [1.29, 1.82) is 0 Å². The summed E-state index contributed by atoms with van der Waals surface area (Å²) in [5.74, 6) is 0.638. The molecular formula is C29H27Br2N3O5. The number of aryl methyl sites for hydroxylation is 1. The largest absolute Gasteiger partial charge is 0.496 e. The molecule has 0 radical (unpaired) electrons. The molecule has 0 saturated carbocycles. The van der Waals surface area contributed by atoms with E-state index < -0.39 is 12.1 Å². The number of carbonyl (C=O) groups is 1. The Bertz CT molecular complexity index is 1640. The lowest BCUT2D eigenvalue weighted by atomic mass is 9.96. The zero-order valence-electron chi connectivity index (χ0n) is 22.0. The molecule has 8 nitrogen and oxygen atoms in total. The molecule has 0 amide bonds. The molecule has 39 heavy (non-hydrogen) atoms. The van der Waals surface area contributed by atoms with Crippen molar-refractivity contribution in [2.45, 2.75) is 39.7 Å². The third-order valence-corrected chi connectivity index (χ3v) is 7.36. The quantitative estimate of drug-likeness (QED) is 0.210. The number of carboxylic acids is 1. The molecule has 1 aromatic heterocycles. The van der Waals surface area contributed by atoms with Crippen molar-refractivity contribution in [3.63, 3.8) is 0 Å². The Kier molecular flexibility index (Phi) is 8.56. The smallest absolute Gasteiger partial charge is 0.344 e. The first-order valence-corrected chi connectivity index (χ1v) is 13.7. The highest BCUT2D eigenvalue weighted by atomic mass is 79.9. The minimum absolute atomic E-state index is 0.183. The van der Waals surface area contributed by atoms with E-state index in [4.69, 9.17) is 14.5 Å². The van der Waals surface area contributed by atoms with Crippen molar-refractivity contribution in [1.82, 2.24) is 9.66 Å². The first-order chi connectivity index (χ1) is 18.5. The van der Waals surface area contributed by atoms with Gasteiger partial charge in [0.25, 0.3) is 5.56 Å². The number of aromatic nitrogens is 2. The third-order valence-electron chi connectivity index (χ3n) is 6.18. The zero-order valence-corrected chi connectivity index (χ0v) is 25.2. The fourth-order valence-electron chi connectivity index (χ4n) is 4.09. The van der Waals surface area contributed by atoms with Crippen LogP contribution in [0.5, 0.6) is 11.5 Å². The molecule has 202 valence electrons. The van der Waals surface area contributed by atoms with Crippen molar-refractivity contribution >= 4 is 54.9 Å². The van der Waals surface area contributed by atoms with Gasteiger partial charge in [-0.25, -0.2) is 9.78 Å². The van der Waals surface area contributed by atoms with E-state index in [2.05, 4.69) is 50.8 Å². The number of hydrogen-bond acceptors (Lipinski definition) is 6. The number of methoxy groups -OCH3 is 1. The maximum Gasteiger partial charge on any atom is 0.344 e. The van der Waals surface area contributed by atoms with Gasteiger partial charge in [0.15, 0.2) is 11.9 Å². The van der Waals surface area contributed by atoms with Gasteiger partial charge in [-0.3, -0.25) is 4.79 Å². The number of para-hydroxylation sites is 1. The number of hydrogen-bond donors (Lipinski definition) is 1. The van der Waals surface area contributed by atoms with Crippen molar-refractivity contribution in [3.8, 4) is 22.9 Å². The highest BCUT2D eigenvalue weighted by Gasteiger charge is 2.19. The molecule has 0 bridgehead atoms. The van der Waals surface area contributed by atoms with E-state index in [0.29, 0.717) is 37.0 Å². The summed E-state index contributed by atoms with van der Waals surface area (Å²) in [6, 6.07) is 14.6. The molecular weight excluding hydrogens is 630 g/mol. The first-order valence-electron chi connectivity index (χ1n) is 12.1. The van der Waals surface area contributed by atoms with Crippen LogP contribution in [-0.4, -0.2) is 40.2 Å². The number of aliphatic carboxylic acids is 1. The van der Waals surface area contributed by atoms with Crippen LogP contribution in [0.25, 0.3) is 22.3 Å². The number of nitrogens with zero attached hydrogens (tertiary/aromatic N) is 3.